The molecular weight excluding hydrogens is 374 g/mol. The van der Waals surface area contributed by atoms with Gasteiger partial charge in [-0.1, -0.05) is 22.3 Å². The van der Waals surface area contributed by atoms with Crippen molar-refractivity contribution < 1.29 is 24.0 Å². The summed E-state index contributed by atoms with van der Waals surface area (Å²) >= 11 is 5.93. The molecule has 1 aromatic carbocycles. The highest BCUT2D eigenvalue weighted by Gasteiger charge is 2.21. The quantitative estimate of drug-likeness (QED) is 0.411. The Bertz CT molecular complexity index is 710. The molecule has 0 heterocycles. The smallest absolute Gasteiger partial charge is 0.439 e. The molecule has 0 bridgehead atoms. The maximum atomic E-state index is 11.3. The first-order valence-corrected chi connectivity index (χ1v) is 9.31. The Labute approximate surface area is 151 Å². The molecule has 11 heteroatoms. The van der Waals surface area contributed by atoms with Gasteiger partial charge in [-0.05, 0) is 25.7 Å². The summed E-state index contributed by atoms with van der Waals surface area (Å²) < 4.78 is 14.0. The summed E-state index contributed by atoms with van der Waals surface area (Å²) in [7, 11) is -0.533. The lowest BCUT2D eigenvalue weighted by Crippen LogP contribution is -2.12. The molecule has 1 unspecified atom stereocenters. The van der Waals surface area contributed by atoms with E-state index in [1.54, 1.807) is 13.2 Å². The zero-order valence-corrected chi connectivity index (χ0v) is 15.3. The van der Waals surface area contributed by atoms with Crippen LogP contribution in [0.15, 0.2) is 16.5 Å². The number of carbonyl (C=O) groups excluding carboxylic acids is 2. The molecule has 2 N–H and O–H groups in total. The molecule has 0 aromatic heterocycles. The molecule has 0 aliphatic rings. The summed E-state index contributed by atoms with van der Waals surface area (Å²) in [6, 6.07) is 2.26. The molecule has 9 nitrogen and oxygen atoms in total. The van der Waals surface area contributed by atoms with Crippen molar-refractivity contribution in [2.75, 3.05) is 25.2 Å². The summed E-state index contributed by atoms with van der Waals surface area (Å²) in [5, 5.41) is 10.8. The van der Waals surface area contributed by atoms with E-state index in [0.29, 0.717) is 12.2 Å². The molecular formula is C14H18ClN3O6S. The molecule has 1 atom stereocenters. The number of nitrogens with two attached hydrogens (primary N) is 1. The first-order valence-electron chi connectivity index (χ1n) is 7.18. The number of amides is 2. The zero-order valence-electron chi connectivity index (χ0n) is 13.7. The highest BCUT2D eigenvalue weighted by Crippen LogP contribution is 2.35. The normalized spacial score (nSPS) is 11.8. The third-order valence-corrected chi connectivity index (χ3v) is 4.56. The maximum Gasteiger partial charge on any atom is 0.439 e. The van der Waals surface area contributed by atoms with Crippen LogP contribution in [0.5, 0.6) is 5.75 Å². The van der Waals surface area contributed by atoms with Crippen LogP contribution in [0.1, 0.15) is 23.7 Å². The topological polar surface area (TPSA) is 134 Å². The van der Waals surface area contributed by atoms with Gasteiger partial charge in [0.25, 0.3) is 5.69 Å². The number of primary amides is 1. The van der Waals surface area contributed by atoms with Crippen LogP contribution in [-0.4, -0.2) is 42.1 Å². The van der Waals surface area contributed by atoms with Gasteiger partial charge in [-0.25, -0.2) is 4.79 Å². The van der Waals surface area contributed by atoms with Crippen LogP contribution >= 0.6 is 11.6 Å². The summed E-state index contributed by atoms with van der Waals surface area (Å²) in [5.41, 5.74) is 4.62. The third-order valence-electron chi connectivity index (χ3n) is 2.84. The van der Waals surface area contributed by atoms with E-state index in [2.05, 4.69) is 4.36 Å². The van der Waals surface area contributed by atoms with Gasteiger partial charge in [0.2, 0.25) is 5.91 Å². The molecule has 0 aliphatic heterocycles. The SMILES string of the molecule is CCOC(=O)N=S(C)CCCOc1cc(C(N)=O)cc([N+](=O)[O-])c1Cl. The van der Waals surface area contributed by atoms with E-state index in [4.69, 9.17) is 26.8 Å². The average Bonchev–Trinajstić information content (AvgIpc) is 2.52. The second-order valence-electron chi connectivity index (χ2n) is 4.73. The number of carbonyl (C=O) groups is 2. The predicted molar refractivity (Wildman–Crippen MR) is 94.3 cm³/mol. The molecule has 1 aromatic rings. The van der Waals surface area contributed by atoms with Gasteiger partial charge in [0.1, 0.15) is 5.75 Å². The minimum atomic E-state index is -0.826. The van der Waals surface area contributed by atoms with Crippen molar-refractivity contribution in [2.45, 2.75) is 13.3 Å². The summed E-state index contributed by atoms with van der Waals surface area (Å²) in [5.74, 6) is -0.260. The van der Waals surface area contributed by atoms with Gasteiger partial charge < -0.3 is 15.2 Å². The molecule has 0 fully saturated rings. The van der Waals surface area contributed by atoms with Crippen molar-refractivity contribution in [3.63, 3.8) is 0 Å². The Morgan fingerprint density at radius 1 is 1.44 bits per heavy atom. The standard InChI is InChI=1S/C14H18ClN3O6S/c1-3-23-14(20)17-25(2)6-4-5-24-11-8-9(13(16)19)7-10(12(11)15)18(21)22/h7-8H,3-6H2,1-2H3,(H2,16,19). The lowest BCUT2D eigenvalue weighted by molar-refractivity contribution is -0.384. The van der Waals surface area contributed by atoms with E-state index in [-0.39, 0.29) is 29.5 Å². The minimum absolute atomic E-state index is 0.00276. The van der Waals surface area contributed by atoms with Crippen molar-refractivity contribution >= 4 is 40.0 Å². The first-order chi connectivity index (χ1) is 11.8. The Morgan fingerprint density at radius 2 is 2.12 bits per heavy atom. The first kappa shape index (κ1) is 20.8. The highest BCUT2D eigenvalue weighted by molar-refractivity contribution is 7.86. The van der Waals surface area contributed by atoms with E-state index in [1.807, 2.05) is 0 Å². The van der Waals surface area contributed by atoms with Crippen LogP contribution < -0.4 is 10.5 Å². The summed E-state index contributed by atoms with van der Waals surface area (Å²) in [4.78, 5) is 32.7. The van der Waals surface area contributed by atoms with E-state index < -0.39 is 33.3 Å². The fourth-order valence-corrected chi connectivity index (χ4v) is 2.90. The van der Waals surface area contributed by atoms with Crippen molar-refractivity contribution in [1.82, 2.24) is 0 Å². The Hall–Kier alpha value is -2.20. The number of rotatable bonds is 8. The van der Waals surface area contributed by atoms with Crippen LogP contribution in [0, 0.1) is 10.1 Å². The van der Waals surface area contributed by atoms with Gasteiger partial charge in [-0.2, -0.15) is 4.36 Å². The van der Waals surface area contributed by atoms with Crippen molar-refractivity contribution in [2.24, 2.45) is 10.1 Å². The van der Waals surface area contributed by atoms with E-state index in [9.17, 15) is 19.7 Å². The Morgan fingerprint density at radius 3 is 2.68 bits per heavy atom. The number of nitro groups is 1. The minimum Gasteiger partial charge on any atom is -0.492 e. The van der Waals surface area contributed by atoms with Gasteiger partial charge >= 0.3 is 6.09 Å². The van der Waals surface area contributed by atoms with Gasteiger partial charge in [0.15, 0.2) is 5.02 Å². The summed E-state index contributed by atoms with van der Waals surface area (Å²) in [6.07, 6.45) is 1.69. The molecule has 0 spiro atoms. The zero-order chi connectivity index (χ0) is 19.0. The molecule has 0 saturated heterocycles. The predicted octanol–water partition coefficient (Wildman–Crippen LogP) is 2.70. The maximum absolute atomic E-state index is 11.3. The van der Waals surface area contributed by atoms with Crippen molar-refractivity contribution in [1.29, 1.82) is 0 Å². The fraction of sp³-hybridized carbons (Fsp3) is 0.429. The third kappa shape index (κ3) is 6.67. The van der Waals surface area contributed by atoms with Crippen LogP contribution in [0.3, 0.4) is 0 Å². The van der Waals surface area contributed by atoms with E-state index >= 15 is 0 Å². The van der Waals surface area contributed by atoms with Crippen LogP contribution in [0.25, 0.3) is 0 Å². The van der Waals surface area contributed by atoms with Gasteiger partial charge in [0, 0.05) is 17.4 Å². The van der Waals surface area contributed by atoms with Crippen molar-refractivity contribution in [3.8, 4) is 5.75 Å². The Kier molecular flexibility index (Phi) is 8.29. The highest BCUT2D eigenvalue weighted by atomic mass is 35.5. The van der Waals surface area contributed by atoms with Gasteiger partial charge in [0.05, 0.1) is 18.1 Å². The second kappa shape index (κ2) is 9.94. The fourth-order valence-electron chi connectivity index (χ4n) is 1.74. The molecule has 138 valence electrons. The average molecular weight is 392 g/mol. The van der Waals surface area contributed by atoms with Gasteiger partial charge in [-0.3, -0.25) is 14.9 Å². The van der Waals surface area contributed by atoms with Crippen LogP contribution in [0.4, 0.5) is 10.5 Å². The van der Waals surface area contributed by atoms with Crippen LogP contribution in [0.2, 0.25) is 5.02 Å². The molecule has 25 heavy (non-hydrogen) atoms. The number of ether oxygens (including phenoxy) is 2. The van der Waals surface area contributed by atoms with E-state index in [1.165, 1.54) is 6.07 Å². The lowest BCUT2D eigenvalue weighted by Gasteiger charge is -2.10. The molecule has 0 aliphatic carbocycles. The Balaban J connectivity index is 2.73. The number of nitro benzene ring substituents is 1. The molecule has 0 saturated carbocycles. The number of hydrogen-bond donors (Lipinski definition) is 1. The number of hydrogen-bond acceptors (Lipinski definition) is 6. The molecule has 1 rings (SSSR count). The van der Waals surface area contributed by atoms with Gasteiger partial charge in [-0.15, -0.1) is 0 Å². The number of benzene rings is 1. The van der Waals surface area contributed by atoms with Crippen LogP contribution in [-0.2, 0) is 15.4 Å². The monoisotopic (exact) mass is 391 g/mol. The molecule has 0 radical (unpaired) electrons. The molecule has 2 amide bonds. The largest absolute Gasteiger partial charge is 0.492 e. The summed E-state index contributed by atoms with van der Waals surface area (Å²) in [6.45, 7) is 2.13. The van der Waals surface area contributed by atoms with E-state index in [0.717, 1.165) is 6.07 Å². The second-order valence-corrected chi connectivity index (χ2v) is 6.90. The number of halogens is 1. The number of nitrogens with zero attached hydrogens (tertiary/aromatic N) is 2. The lowest BCUT2D eigenvalue weighted by atomic mass is 10.2. The van der Waals surface area contributed by atoms with Crippen molar-refractivity contribution in [3.05, 3.63) is 32.8 Å².